The summed E-state index contributed by atoms with van der Waals surface area (Å²) in [5.41, 5.74) is 1.47. The van der Waals surface area contributed by atoms with Crippen molar-refractivity contribution in [3.63, 3.8) is 0 Å². The topological polar surface area (TPSA) is 79.9 Å². The summed E-state index contributed by atoms with van der Waals surface area (Å²) in [5.74, 6) is 0.333. The van der Waals surface area contributed by atoms with Crippen LogP contribution in [0.2, 0.25) is 0 Å². The number of anilines is 1. The number of carbonyl (C=O) groups is 2. The highest BCUT2D eigenvalue weighted by Gasteiger charge is 2.10. The highest BCUT2D eigenvalue weighted by atomic mass is 32.2. The number of thioether (sulfide) groups is 1. The summed E-state index contributed by atoms with van der Waals surface area (Å²) in [6.45, 7) is 5.26. The number of benzene rings is 2. The first-order chi connectivity index (χ1) is 15.6. The van der Waals surface area contributed by atoms with Gasteiger partial charge in [0.05, 0.1) is 24.7 Å². The number of hydrogen-bond donors (Lipinski definition) is 2. The summed E-state index contributed by atoms with van der Waals surface area (Å²) < 4.78 is 24.1. The molecule has 2 amide bonds. The summed E-state index contributed by atoms with van der Waals surface area (Å²) >= 11 is 1.22. The van der Waals surface area contributed by atoms with Gasteiger partial charge in [0.2, 0.25) is 11.8 Å². The van der Waals surface area contributed by atoms with Crippen molar-refractivity contribution in [1.82, 2.24) is 10.2 Å². The number of hydrogen-bond acceptors (Lipinski definition) is 6. The summed E-state index contributed by atoms with van der Waals surface area (Å²) in [5, 5.41) is 5.52. The van der Waals surface area contributed by atoms with Gasteiger partial charge in [-0.2, -0.15) is 0 Å². The number of nitrogens with zero attached hydrogens (tertiary/aromatic N) is 1. The molecule has 7 nitrogen and oxygen atoms in total. The monoisotopic (exact) mass is 461 g/mol. The Morgan fingerprint density at radius 1 is 1.06 bits per heavy atom. The van der Waals surface area contributed by atoms with Crippen molar-refractivity contribution in [2.24, 2.45) is 0 Å². The van der Waals surface area contributed by atoms with Crippen LogP contribution in [0.3, 0.4) is 0 Å². The zero-order valence-corrected chi connectivity index (χ0v) is 18.7. The molecular formula is C23H28FN3O4S. The third-order valence-corrected chi connectivity index (χ3v) is 5.69. The summed E-state index contributed by atoms with van der Waals surface area (Å²) in [4.78, 5) is 26.3. The van der Waals surface area contributed by atoms with E-state index in [0.29, 0.717) is 18.8 Å². The molecule has 0 atom stereocenters. The van der Waals surface area contributed by atoms with E-state index < -0.39 is 0 Å². The molecule has 3 rings (SSSR count). The zero-order chi connectivity index (χ0) is 22.6. The molecule has 0 unspecified atom stereocenters. The molecule has 1 heterocycles. The van der Waals surface area contributed by atoms with Crippen LogP contribution in [0.1, 0.15) is 5.56 Å². The quantitative estimate of drug-likeness (QED) is 0.535. The van der Waals surface area contributed by atoms with Crippen LogP contribution in [0.4, 0.5) is 10.1 Å². The molecule has 172 valence electrons. The molecule has 0 aromatic heterocycles. The van der Waals surface area contributed by atoms with E-state index in [1.54, 1.807) is 0 Å². The van der Waals surface area contributed by atoms with Crippen molar-refractivity contribution >= 4 is 29.3 Å². The molecular weight excluding hydrogens is 433 g/mol. The van der Waals surface area contributed by atoms with Crippen molar-refractivity contribution in [1.29, 1.82) is 0 Å². The Hall–Kier alpha value is -2.62. The second-order valence-corrected chi connectivity index (χ2v) is 8.26. The maximum Gasteiger partial charge on any atom is 0.234 e. The lowest BCUT2D eigenvalue weighted by atomic mass is 10.2. The molecule has 0 aliphatic carbocycles. The molecule has 1 aliphatic rings. The number of morpholine rings is 1. The van der Waals surface area contributed by atoms with Gasteiger partial charge < -0.3 is 20.1 Å². The van der Waals surface area contributed by atoms with Gasteiger partial charge in [0.25, 0.3) is 0 Å². The normalized spacial score (nSPS) is 14.0. The number of ether oxygens (including phenoxy) is 2. The SMILES string of the molecule is O=C(CSCC(=O)Nc1ccc(F)cc1)NCc1cccc(OCCN2CCOCC2)c1. The lowest BCUT2D eigenvalue weighted by Crippen LogP contribution is -2.38. The molecule has 0 bridgehead atoms. The van der Waals surface area contributed by atoms with Crippen molar-refractivity contribution in [2.75, 3.05) is 56.3 Å². The molecule has 1 fully saturated rings. The van der Waals surface area contributed by atoms with Crippen molar-refractivity contribution < 1.29 is 23.5 Å². The van der Waals surface area contributed by atoms with E-state index in [1.165, 1.54) is 36.0 Å². The van der Waals surface area contributed by atoms with Gasteiger partial charge in [0, 0.05) is 31.9 Å². The molecule has 1 aliphatic heterocycles. The van der Waals surface area contributed by atoms with Gasteiger partial charge in [-0.1, -0.05) is 12.1 Å². The summed E-state index contributed by atoms with van der Waals surface area (Å²) in [6, 6.07) is 13.2. The Morgan fingerprint density at radius 2 is 1.81 bits per heavy atom. The Labute approximate surface area is 191 Å². The van der Waals surface area contributed by atoms with E-state index in [4.69, 9.17) is 9.47 Å². The molecule has 0 saturated carbocycles. The van der Waals surface area contributed by atoms with E-state index >= 15 is 0 Å². The summed E-state index contributed by atoms with van der Waals surface area (Å²) in [7, 11) is 0. The molecule has 9 heteroatoms. The lowest BCUT2D eigenvalue weighted by molar-refractivity contribution is -0.118. The standard InChI is InChI=1S/C23H28FN3O4S/c24-19-4-6-20(7-5-19)26-23(29)17-32-16-22(28)25-15-18-2-1-3-21(14-18)31-13-10-27-8-11-30-12-9-27/h1-7,14H,8-13,15-17H2,(H,25,28)(H,26,29). The fourth-order valence-electron chi connectivity index (χ4n) is 3.08. The van der Waals surface area contributed by atoms with Gasteiger partial charge in [-0.05, 0) is 42.0 Å². The van der Waals surface area contributed by atoms with Gasteiger partial charge in [-0.15, -0.1) is 11.8 Å². The number of carbonyl (C=O) groups excluding carboxylic acids is 2. The molecule has 0 spiro atoms. The Bertz CT molecular complexity index is 876. The van der Waals surface area contributed by atoms with Gasteiger partial charge in [0.1, 0.15) is 18.2 Å². The maximum atomic E-state index is 12.9. The minimum Gasteiger partial charge on any atom is -0.492 e. The molecule has 2 N–H and O–H groups in total. The molecule has 2 aromatic carbocycles. The highest BCUT2D eigenvalue weighted by molar-refractivity contribution is 8.00. The Kier molecular flexibility index (Phi) is 9.80. The zero-order valence-electron chi connectivity index (χ0n) is 17.8. The predicted molar refractivity (Wildman–Crippen MR) is 123 cm³/mol. The van der Waals surface area contributed by atoms with E-state index in [-0.39, 0.29) is 29.1 Å². The average molecular weight is 462 g/mol. The minimum absolute atomic E-state index is 0.136. The second-order valence-electron chi connectivity index (χ2n) is 7.27. The first-order valence-electron chi connectivity index (χ1n) is 10.5. The molecule has 32 heavy (non-hydrogen) atoms. The van der Waals surface area contributed by atoms with E-state index in [1.807, 2.05) is 24.3 Å². The predicted octanol–water partition coefficient (Wildman–Crippen LogP) is 2.52. The van der Waals surface area contributed by atoms with Crippen molar-refractivity contribution in [3.8, 4) is 5.75 Å². The largest absolute Gasteiger partial charge is 0.492 e. The maximum absolute atomic E-state index is 12.9. The molecule has 1 saturated heterocycles. The number of amides is 2. The third-order valence-electron chi connectivity index (χ3n) is 4.76. The number of rotatable bonds is 11. The van der Waals surface area contributed by atoms with Crippen molar-refractivity contribution in [2.45, 2.75) is 6.54 Å². The number of halogens is 1. The van der Waals surface area contributed by atoms with Crippen LogP contribution in [-0.4, -0.2) is 67.7 Å². The van der Waals surface area contributed by atoms with Crippen LogP contribution in [-0.2, 0) is 20.9 Å². The van der Waals surface area contributed by atoms with Gasteiger partial charge >= 0.3 is 0 Å². The van der Waals surface area contributed by atoms with Gasteiger partial charge in [0.15, 0.2) is 0 Å². The first-order valence-corrected chi connectivity index (χ1v) is 11.7. The fourth-order valence-corrected chi connectivity index (χ4v) is 3.73. The van der Waals surface area contributed by atoms with Crippen LogP contribution < -0.4 is 15.4 Å². The third kappa shape index (κ3) is 8.86. The Balaban J connectivity index is 1.30. The van der Waals surface area contributed by atoms with E-state index in [2.05, 4.69) is 15.5 Å². The van der Waals surface area contributed by atoms with E-state index in [0.717, 1.165) is 44.2 Å². The van der Waals surface area contributed by atoms with Crippen LogP contribution in [0.15, 0.2) is 48.5 Å². The summed E-state index contributed by atoms with van der Waals surface area (Å²) in [6.07, 6.45) is 0. The van der Waals surface area contributed by atoms with Crippen LogP contribution in [0, 0.1) is 5.82 Å². The van der Waals surface area contributed by atoms with Crippen LogP contribution >= 0.6 is 11.8 Å². The van der Waals surface area contributed by atoms with Gasteiger partial charge in [-0.3, -0.25) is 14.5 Å². The smallest absolute Gasteiger partial charge is 0.234 e. The van der Waals surface area contributed by atoms with Crippen LogP contribution in [0.5, 0.6) is 5.75 Å². The highest BCUT2D eigenvalue weighted by Crippen LogP contribution is 2.14. The second kappa shape index (κ2) is 13.0. The van der Waals surface area contributed by atoms with E-state index in [9.17, 15) is 14.0 Å². The van der Waals surface area contributed by atoms with Gasteiger partial charge in [-0.25, -0.2) is 4.39 Å². The fraction of sp³-hybridized carbons (Fsp3) is 0.391. The van der Waals surface area contributed by atoms with Crippen LogP contribution in [0.25, 0.3) is 0 Å². The van der Waals surface area contributed by atoms with Crippen molar-refractivity contribution in [3.05, 3.63) is 59.9 Å². The molecule has 0 radical (unpaired) electrons. The first kappa shape index (κ1) is 24.0. The molecule has 2 aromatic rings. The minimum atomic E-state index is -0.362. The Morgan fingerprint density at radius 3 is 2.59 bits per heavy atom. The average Bonchev–Trinajstić information content (AvgIpc) is 2.80. The number of nitrogens with one attached hydrogen (secondary N) is 2. The lowest BCUT2D eigenvalue weighted by Gasteiger charge is -2.26.